The first-order valence-electron chi connectivity index (χ1n) is 6.78. The molecule has 0 aliphatic heterocycles. The molecule has 0 atom stereocenters. The highest BCUT2D eigenvalue weighted by Gasteiger charge is 2.09. The second kappa shape index (κ2) is 7.14. The molecule has 0 amide bonds. The SMILES string of the molecule is CC[NH+](CC)CCOc1c(C)cc(C(=O)[O-])cc1C. The Morgan fingerprint density at radius 2 is 1.74 bits per heavy atom. The van der Waals surface area contributed by atoms with E-state index in [1.165, 1.54) is 4.90 Å². The quantitative estimate of drug-likeness (QED) is 0.753. The van der Waals surface area contributed by atoms with Gasteiger partial charge in [0, 0.05) is 0 Å². The fourth-order valence-electron chi connectivity index (χ4n) is 2.20. The number of carbonyl (C=O) groups is 1. The third-order valence-electron chi connectivity index (χ3n) is 3.40. The van der Waals surface area contributed by atoms with Crippen LogP contribution in [0.15, 0.2) is 12.1 Å². The van der Waals surface area contributed by atoms with Crippen molar-refractivity contribution in [3.05, 3.63) is 28.8 Å². The minimum atomic E-state index is -1.15. The summed E-state index contributed by atoms with van der Waals surface area (Å²) in [6.45, 7) is 11.8. The molecule has 106 valence electrons. The molecule has 0 aliphatic rings. The lowest BCUT2D eigenvalue weighted by Gasteiger charge is -2.18. The zero-order chi connectivity index (χ0) is 14.4. The number of likely N-dealkylation sites (N-methyl/N-ethyl adjacent to an activating group) is 1. The summed E-state index contributed by atoms with van der Waals surface area (Å²) < 4.78 is 5.80. The number of hydrogen-bond donors (Lipinski definition) is 1. The Balaban J connectivity index is 2.71. The van der Waals surface area contributed by atoms with Crippen LogP contribution in [0.4, 0.5) is 0 Å². The average Bonchev–Trinajstić information content (AvgIpc) is 2.37. The van der Waals surface area contributed by atoms with E-state index in [0.29, 0.717) is 6.61 Å². The van der Waals surface area contributed by atoms with Crippen LogP contribution in [-0.4, -0.2) is 32.2 Å². The molecule has 0 bridgehead atoms. The Morgan fingerprint density at radius 3 is 2.16 bits per heavy atom. The van der Waals surface area contributed by atoms with Crippen LogP contribution in [0.3, 0.4) is 0 Å². The molecule has 19 heavy (non-hydrogen) atoms. The second-order valence-corrected chi connectivity index (χ2v) is 4.78. The van der Waals surface area contributed by atoms with Crippen molar-refractivity contribution in [2.45, 2.75) is 27.7 Å². The number of aryl methyl sites for hydroxylation is 2. The van der Waals surface area contributed by atoms with Gasteiger partial charge in [-0.25, -0.2) is 0 Å². The molecule has 0 spiro atoms. The van der Waals surface area contributed by atoms with E-state index in [1.54, 1.807) is 12.1 Å². The Labute approximate surface area is 115 Å². The topological polar surface area (TPSA) is 53.8 Å². The number of hydrogen-bond acceptors (Lipinski definition) is 3. The van der Waals surface area contributed by atoms with E-state index in [9.17, 15) is 9.90 Å². The molecule has 1 aromatic carbocycles. The molecule has 0 aliphatic carbocycles. The van der Waals surface area contributed by atoms with Crippen molar-refractivity contribution >= 4 is 5.97 Å². The predicted octanol–water partition coefficient (Wildman–Crippen LogP) is -0.0296. The van der Waals surface area contributed by atoms with Crippen LogP contribution in [0.25, 0.3) is 0 Å². The van der Waals surface area contributed by atoms with Crippen LogP contribution >= 0.6 is 0 Å². The van der Waals surface area contributed by atoms with Crippen LogP contribution < -0.4 is 14.7 Å². The number of benzene rings is 1. The molecular weight excluding hydrogens is 242 g/mol. The fraction of sp³-hybridized carbons (Fsp3) is 0.533. The van der Waals surface area contributed by atoms with Gasteiger partial charge in [0.15, 0.2) is 0 Å². The minimum Gasteiger partial charge on any atom is -0.545 e. The summed E-state index contributed by atoms with van der Waals surface area (Å²) in [6.07, 6.45) is 0. The molecule has 4 nitrogen and oxygen atoms in total. The largest absolute Gasteiger partial charge is 0.545 e. The number of nitrogens with one attached hydrogen (secondary N) is 1. The molecule has 0 saturated heterocycles. The van der Waals surface area contributed by atoms with E-state index < -0.39 is 5.97 Å². The molecule has 0 radical (unpaired) electrons. The molecule has 1 rings (SSSR count). The highest BCUT2D eigenvalue weighted by molar-refractivity contribution is 5.86. The maximum absolute atomic E-state index is 10.8. The Morgan fingerprint density at radius 1 is 1.21 bits per heavy atom. The number of quaternary nitrogens is 1. The number of carboxylic acid groups (broad SMARTS) is 1. The molecule has 4 heteroatoms. The van der Waals surface area contributed by atoms with Gasteiger partial charge in [-0.1, -0.05) is 0 Å². The number of aromatic carboxylic acids is 1. The summed E-state index contributed by atoms with van der Waals surface area (Å²) in [5.74, 6) is -0.359. The van der Waals surface area contributed by atoms with E-state index >= 15 is 0 Å². The molecule has 0 saturated carbocycles. The van der Waals surface area contributed by atoms with E-state index in [0.717, 1.165) is 36.5 Å². The van der Waals surface area contributed by atoms with Crippen molar-refractivity contribution in [1.29, 1.82) is 0 Å². The summed E-state index contributed by atoms with van der Waals surface area (Å²) in [5.41, 5.74) is 1.89. The molecule has 0 heterocycles. The van der Waals surface area contributed by atoms with Crippen molar-refractivity contribution in [1.82, 2.24) is 0 Å². The third kappa shape index (κ3) is 4.24. The van der Waals surface area contributed by atoms with Gasteiger partial charge in [0.2, 0.25) is 0 Å². The van der Waals surface area contributed by atoms with Gasteiger partial charge in [-0.15, -0.1) is 0 Å². The average molecular weight is 265 g/mol. The van der Waals surface area contributed by atoms with Crippen LogP contribution in [0.1, 0.15) is 35.3 Å². The van der Waals surface area contributed by atoms with Gasteiger partial charge in [0.1, 0.15) is 18.9 Å². The highest BCUT2D eigenvalue weighted by Crippen LogP contribution is 2.24. The summed E-state index contributed by atoms with van der Waals surface area (Å²) in [4.78, 5) is 12.3. The van der Waals surface area contributed by atoms with Gasteiger partial charge in [-0.05, 0) is 56.5 Å². The normalized spacial score (nSPS) is 10.8. The zero-order valence-corrected chi connectivity index (χ0v) is 12.2. The van der Waals surface area contributed by atoms with Gasteiger partial charge in [0.25, 0.3) is 0 Å². The third-order valence-corrected chi connectivity index (χ3v) is 3.40. The Hall–Kier alpha value is -1.55. The Bertz CT molecular complexity index is 416. The van der Waals surface area contributed by atoms with E-state index in [4.69, 9.17) is 4.74 Å². The van der Waals surface area contributed by atoms with Crippen molar-refractivity contribution in [3.63, 3.8) is 0 Å². The molecule has 1 N–H and O–H groups in total. The lowest BCUT2D eigenvalue weighted by molar-refractivity contribution is -0.896. The maximum Gasteiger partial charge on any atom is 0.137 e. The van der Waals surface area contributed by atoms with Gasteiger partial charge in [-0.3, -0.25) is 0 Å². The summed E-state index contributed by atoms with van der Waals surface area (Å²) in [7, 11) is 0. The van der Waals surface area contributed by atoms with Crippen molar-refractivity contribution in [2.24, 2.45) is 0 Å². The smallest absolute Gasteiger partial charge is 0.137 e. The predicted molar refractivity (Wildman–Crippen MR) is 72.7 cm³/mol. The number of carbonyl (C=O) groups excluding carboxylic acids is 1. The standard InChI is InChI=1S/C15H23NO3/c1-5-16(6-2)7-8-19-14-11(3)9-13(15(17)18)10-12(14)4/h9-10H,5-8H2,1-4H3,(H,17,18). The molecule has 0 unspecified atom stereocenters. The van der Waals surface area contributed by atoms with Gasteiger partial charge in [0.05, 0.1) is 19.1 Å². The first-order chi connectivity index (χ1) is 8.99. The van der Waals surface area contributed by atoms with Gasteiger partial charge < -0.3 is 19.5 Å². The molecular formula is C15H23NO3. The summed E-state index contributed by atoms with van der Waals surface area (Å²) in [5, 5.41) is 10.8. The molecule has 1 aromatic rings. The number of carboxylic acids is 1. The van der Waals surface area contributed by atoms with Crippen LogP contribution in [0, 0.1) is 13.8 Å². The van der Waals surface area contributed by atoms with Crippen molar-refractivity contribution in [2.75, 3.05) is 26.2 Å². The van der Waals surface area contributed by atoms with E-state index in [1.807, 2.05) is 13.8 Å². The van der Waals surface area contributed by atoms with Crippen LogP contribution in [-0.2, 0) is 0 Å². The van der Waals surface area contributed by atoms with E-state index in [2.05, 4.69) is 13.8 Å². The first-order valence-corrected chi connectivity index (χ1v) is 6.78. The lowest BCUT2D eigenvalue weighted by Crippen LogP contribution is -3.12. The van der Waals surface area contributed by atoms with Crippen molar-refractivity contribution in [3.8, 4) is 5.75 Å². The first kappa shape index (κ1) is 15.5. The second-order valence-electron chi connectivity index (χ2n) is 4.78. The van der Waals surface area contributed by atoms with Crippen LogP contribution in [0.2, 0.25) is 0 Å². The monoisotopic (exact) mass is 265 g/mol. The highest BCUT2D eigenvalue weighted by atomic mass is 16.5. The minimum absolute atomic E-state index is 0.205. The van der Waals surface area contributed by atoms with Gasteiger partial charge >= 0.3 is 0 Å². The zero-order valence-electron chi connectivity index (χ0n) is 12.2. The van der Waals surface area contributed by atoms with E-state index in [-0.39, 0.29) is 5.56 Å². The van der Waals surface area contributed by atoms with Gasteiger partial charge in [-0.2, -0.15) is 0 Å². The van der Waals surface area contributed by atoms with Crippen molar-refractivity contribution < 1.29 is 19.5 Å². The summed E-state index contributed by atoms with van der Waals surface area (Å²) >= 11 is 0. The number of rotatable bonds is 7. The molecule has 0 fully saturated rings. The Kier molecular flexibility index (Phi) is 5.83. The lowest BCUT2D eigenvalue weighted by atomic mass is 10.1. The summed E-state index contributed by atoms with van der Waals surface area (Å²) in [6, 6.07) is 3.20. The molecule has 0 aromatic heterocycles. The fourth-order valence-corrected chi connectivity index (χ4v) is 2.20. The van der Waals surface area contributed by atoms with Crippen LogP contribution in [0.5, 0.6) is 5.75 Å². The number of ether oxygens (including phenoxy) is 1. The maximum atomic E-state index is 10.8.